The molecule has 1 heterocycles. The number of phenols is 1. The summed E-state index contributed by atoms with van der Waals surface area (Å²) in [4.78, 5) is 13.6. The number of nitrogens with one attached hydrogen (secondary N) is 1. The number of hydrogen-bond acceptors (Lipinski definition) is 2. The van der Waals surface area contributed by atoms with Crippen LogP contribution in [0.15, 0.2) is 78.9 Å². The molecule has 3 aromatic carbocycles. The van der Waals surface area contributed by atoms with Gasteiger partial charge in [0, 0.05) is 24.0 Å². The first-order chi connectivity index (χ1) is 15.4. The highest BCUT2D eigenvalue weighted by Gasteiger charge is 2.29. The number of amides is 1. The van der Waals surface area contributed by atoms with Gasteiger partial charge >= 0.3 is 0 Å². The van der Waals surface area contributed by atoms with Crippen LogP contribution in [-0.2, 0) is 7.05 Å². The van der Waals surface area contributed by atoms with E-state index in [1.807, 2.05) is 41.9 Å². The normalized spacial score (nSPS) is 11.0. The number of halogens is 1. The number of aromatic nitrogens is 1. The molecule has 0 atom stereocenters. The molecule has 4 aromatic rings. The number of phenolic OH excluding ortho intramolecular Hbond substituents is 1. The van der Waals surface area contributed by atoms with Gasteiger partial charge in [-0.05, 0) is 65.6 Å². The van der Waals surface area contributed by atoms with Crippen LogP contribution >= 0.6 is 0 Å². The van der Waals surface area contributed by atoms with Gasteiger partial charge < -0.3 is 15.0 Å². The van der Waals surface area contributed by atoms with Gasteiger partial charge in [-0.1, -0.05) is 44.2 Å². The van der Waals surface area contributed by atoms with Crippen LogP contribution in [0.1, 0.15) is 35.8 Å². The Hall–Kier alpha value is -3.86. The van der Waals surface area contributed by atoms with Gasteiger partial charge in [-0.3, -0.25) is 4.79 Å². The Labute approximate surface area is 187 Å². The highest BCUT2D eigenvalue weighted by Crippen LogP contribution is 2.41. The molecule has 0 aliphatic rings. The fraction of sp³-hybridized carbons (Fsp3) is 0.148. The first-order valence-electron chi connectivity index (χ1n) is 10.5. The van der Waals surface area contributed by atoms with E-state index in [-0.39, 0.29) is 23.4 Å². The van der Waals surface area contributed by atoms with E-state index >= 15 is 0 Å². The molecule has 0 bridgehead atoms. The minimum absolute atomic E-state index is 0.0669. The standard InChI is InChI=1S/C27H25FN2O2/c1-17(2)25-24(27(32)29-21-13-15-22(31)16-14-21)23(18-7-5-4-6-8-18)26(30(25)3)19-9-11-20(28)12-10-19/h4-17,31H,1-3H3,(H,29,32). The number of carbonyl (C=O) groups is 1. The van der Waals surface area contributed by atoms with E-state index in [4.69, 9.17) is 0 Å². The predicted molar refractivity (Wildman–Crippen MR) is 126 cm³/mol. The second kappa shape index (κ2) is 8.71. The zero-order valence-electron chi connectivity index (χ0n) is 18.3. The van der Waals surface area contributed by atoms with Crippen LogP contribution in [0, 0.1) is 5.82 Å². The van der Waals surface area contributed by atoms with Gasteiger partial charge in [0.1, 0.15) is 11.6 Å². The predicted octanol–water partition coefficient (Wildman–Crippen LogP) is 6.58. The molecule has 4 rings (SSSR count). The van der Waals surface area contributed by atoms with Gasteiger partial charge in [0.05, 0.1) is 11.3 Å². The molecule has 0 spiro atoms. The molecule has 0 unspecified atom stereocenters. The number of carbonyl (C=O) groups excluding carboxylic acids is 1. The van der Waals surface area contributed by atoms with Crippen molar-refractivity contribution in [3.05, 3.63) is 95.9 Å². The highest BCUT2D eigenvalue weighted by molar-refractivity contribution is 6.12. The molecule has 4 nitrogen and oxygen atoms in total. The summed E-state index contributed by atoms with van der Waals surface area (Å²) in [6.07, 6.45) is 0. The van der Waals surface area contributed by atoms with Crippen molar-refractivity contribution in [2.75, 3.05) is 5.32 Å². The zero-order valence-corrected chi connectivity index (χ0v) is 18.3. The Balaban J connectivity index is 1.96. The molecule has 1 aromatic heterocycles. The number of hydrogen-bond donors (Lipinski definition) is 2. The minimum Gasteiger partial charge on any atom is -0.508 e. The molecule has 162 valence electrons. The van der Waals surface area contributed by atoms with Crippen molar-refractivity contribution in [2.45, 2.75) is 19.8 Å². The Bertz CT molecular complexity index is 1240. The van der Waals surface area contributed by atoms with Crippen molar-refractivity contribution >= 4 is 11.6 Å². The minimum atomic E-state index is -0.307. The molecule has 0 aliphatic carbocycles. The van der Waals surface area contributed by atoms with Crippen LogP contribution < -0.4 is 5.32 Å². The Morgan fingerprint density at radius 1 is 0.906 bits per heavy atom. The fourth-order valence-electron chi connectivity index (χ4n) is 4.18. The molecular formula is C27H25FN2O2. The van der Waals surface area contributed by atoms with E-state index in [0.29, 0.717) is 11.3 Å². The number of anilines is 1. The first kappa shape index (κ1) is 21.4. The SMILES string of the molecule is CC(C)c1c(C(=O)Nc2ccc(O)cc2)c(-c2ccccc2)c(-c2ccc(F)cc2)n1C. The van der Waals surface area contributed by atoms with Crippen molar-refractivity contribution in [1.29, 1.82) is 0 Å². The van der Waals surface area contributed by atoms with E-state index in [0.717, 1.165) is 28.1 Å². The third-order valence-corrected chi connectivity index (χ3v) is 5.52. The average Bonchev–Trinajstić information content (AvgIpc) is 3.10. The maximum atomic E-state index is 13.6. The van der Waals surface area contributed by atoms with Gasteiger partial charge in [0.25, 0.3) is 5.91 Å². The number of aromatic hydroxyl groups is 1. The first-order valence-corrected chi connectivity index (χ1v) is 10.5. The van der Waals surface area contributed by atoms with Crippen LogP contribution in [0.2, 0.25) is 0 Å². The lowest BCUT2D eigenvalue weighted by atomic mass is 9.94. The summed E-state index contributed by atoms with van der Waals surface area (Å²) in [5.41, 5.74) is 5.47. The van der Waals surface area contributed by atoms with Crippen LogP contribution in [0.3, 0.4) is 0 Å². The van der Waals surface area contributed by atoms with Crippen LogP contribution in [-0.4, -0.2) is 15.6 Å². The summed E-state index contributed by atoms with van der Waals surface area (Å²) in [6.45, 7) is 4.10. The van der Waals surface area contributed by atoms with Gasteiger partial charge in [-0.2, -0.15) is 0 Å². The number of benzene rings is 3. The molecule has 0 saturated heterocycles. The van der Waals surface area contributed by atoms with E-state index in [1.54, 1.807) is 24.3 Å². The van der Waals surface area contributed by atoms with Crippen molar-refractivity contribution in [2.24, 2.45) is 7.05 Å². The maximum Gasteiger partial charge on any atom is 0.258 e. The number of nitrogens with zero attached hydrogens (tertiary/aromatic N) is 1. The second-order valence-corrected chi connectivity index (χ2v) is 8.07. The summed E-state index contributed by atoms with van der Waals surface area (Å²) in [5, 5.41) is 12.5. The summed E-state index contributed by atoms with van der Waals surface area (Å²) < 4.78 is 15.7. The Morgan fingerprint density at radius 2 is 1.53 bits per heavy atom. The van der Waals surface area contributed by atoms with E-state index < -0.39 is 0 Å². The van der Waals surface area contributed by atoms with Crippen LogP contribution in [0.25, 0.3) is 22.4 Å². The Morgan fingerprint density at radius 3 is 2.12 bits per heavy atom. The fourth-order valence-corrected chi connectivity index (χ4v) is 4.18. The zero-order chi connectivity index (χ0) is 22.8. The molecule has 0 radical (unpaired) electrons. The third kappa shape index (κ3) is 4.02. The quantitative estimate of drug-likeness (QED) is 0.353. The molecular weight excluding hydrogens is 403 g/mol. The summed E-state index contributed by atoms with van der Waals surface area (Å²) in [7, 11) is 1.94. The maximum absolute atomic E-state index is 13.6. The third-order valence-electron chi connectivity index (χ3n) is 5.52. The van der Waals surface area contributed by atoms with Crippen LogP contribution in [0.4, 0.5) is 10.1 Å². The Kier molecular flexibility index (Phi) is 5.82. The summed E-state index contributed by atoms with van der Waals surface area (Å²) >= 11 is 0. The average molecular weight is 429 g/mol. The summed E-state index contributed by atoms with van der Waals surface area (Å²) in [6, 6.07) is 22.5. The van der Waals surface area contributed by atoms with Gasteiger partial charge in [-0.15, -0.1) is 0 Å². The lowest BCUT2D eigenvalue weighted by molar-refractivity contribution is 0.102. The second-order valence-electron chi connectivity index (χ2n) is 8.07. The molecule has 0 aliphatic heterocycles. The monoisotopic (exact) mass is 428 g/mol. The lowest BCUT2D eigenvalue weighted by Gasteiger charge is -2.13. The number of rotatable bonds is 5. The van der Waals surface area contributed by atoms with Crippen LogP contribution in [0.5, 0.6) is 5.75 Å². The lowest BCUT2D eigenvalue weighted by Crippen LogP contribution is -2.15. The molecule has 2 N–H and O–H groups in total. The molecule has 32 heavy (non-hydrogen) atoms. The molecule has 0 fully saturated rings. The van der Waals surface area contributed by atoms with Crippen molar-refractivity contribution in [1.82, 2.24) is 4.57 Å². The topological polar surface area (TPSA) is 54.3 Å². The largest absolute Gasteiger partial charge is 0.508 e. The smallest absolute Gasteiger partial charge is 0.258 e. The van der Waals surface area contributed by atoms with Crippen molar-refractivity contribution < 1.29 is 14.3 Å². The van der Waals surface area contributed by atoms with E-state index in [9.17, 15) is 14.3 Å². The van der Waals surface area contributed by atoms with E-state index in [2.05, 4.69) is 19.2 Å². The van der Waals surface area contributed by atoms with Gasteiger partial charge in [0.15, 0.2) is 0 Å². The van der Waals surface area contributed by atoms with E-state index in [1.165, 1.54) is 24.3 Å². The van der Waals surface area contributed by atoms with Crippen molar-refractivity contribution in [3.8, 4) is 28.1 Å². The van der Waals surface area contributed by atoms with Crippen molar-refractivity contribution in [3.63, 3.8) is 0 Å². The molecule has 1 amide bonds. The van der Waals surface area contributed by atoms with Gasteiger partial charge in [0.2, 0.25) is 0 Å². The highest BCUT2D eigenvalue weighted by atomic mass is 19.1. The van der Waals surface area contributed by atoms with Gasteiger partial charge in [-0.25, -0.2) is 4.39 Å². The molecule has 5 heteroatoms. The molecule has 0 saturated carbocycles. The summed E-state index contributed by atoms with van der Waals surface area (Å²) in [5.74, 6) is -0.341.